The fourth-order valence-electron chi connectivity index (χ4n) is 3.33. The minimum absolute atomic E-state index is 0.167. The molecule has 1 aliphatic carbocycles. The van der Waals surface area contributed by atoms with Crippen molar-refractivity contribution in [1.82, 2.24) is 15.0 Å². The van der Waals surface area contributed by atoms with Crippen molar-refractivity contribution in [2.75, 3.05) is 5.43 Å². The number of carbonyl (C=O) groups is 1. The van der Waals surface area contributed by atoms with Crippen LogP contribution in [0.5, 0.6) is 0 Å². The van der Waals surface area contributed by atoms with Gasteiger partial charge >= 0.3 is 0 Å². The van der Waals surface area contributed by atoms with Crippen molar-refractivity contribution in [2.45, 2.75) is 31.7 Å². The van der Waals surface area contributed by atoms with E-state index in [1.807, 2.05) is 6.92 Å². The van der Waals surface area contributed by atoms with Crippen LogP contribution in [0.15, 0.2) is 53.3 Å². The predicted octanol–water partition coefficient (Wildman–Crippen LogP) is 2.73. The number of anilines is 1. The summed E-state index contributed by atoms with van der Waals surface area (Å²) in [5, 5.41) is 0.529. The Morgan fingerprint density at radius 2 is 1.89 bits per heavy atom. The van der Waals surface area contributed by atoms with Gasteiger partial charge in [-0.25, -0.2) is 9.37 Å². The highest BCUT2D eigenvalue weighted by atomic mass is 19.1. The molecule has 0 spiro atoms. The first kappa shape index (κ1) is 17.2. The van der Waals surface area contributed by atoms with E-state index < -0.39 is 5.41 Å². The van der Waals surface area contributed by atoms with E-state index in [2.05, 4.69) is 15.8 Å². The van der Waals surface area contributed by atoms with Crippen molar-refractivity contribution in [2.24, 2.45) is 0 Å². The number of nitrogens with zero attached hydrogens (tertiary/aromatic N) is 2. The molecule has 0 atom stereocenters. The molecule has 1 heterocycles. The van der Waals surface area contributed by atoms with Crippen LogP contribution in [0.2, 0.25) is 0 Å². The molecule has 7 heteroatoms. The third kappa shape index (κ3) is 2.95. The van der Waals surface area contributed by atoms with Crippen molar-refractivity contribution in [3.63, 3.8) is 0 Å². The first-order chi connectivity index (χ1) is 13.0. The van der Waals surface area contributed by atoms with Crippen LogP contribution in [0.3, 0.4) is 0 Å². The number of fused-ring (bicyclic) bond motifs is 1. The van der Waals surface area contributed by atoms with Crippen LogP contribution in [-0.4, -0.2) is 15.5 Å². The fraction of sp³-hybridized carbons (Fsp3) is 0.250. The Balaban J connectivity index is 1.59. The summed E-state index contributed by atoms with van der Waals surface area (Å²) in [4.78, 5) is 29.8. The summed E-state index contributed by atoms with van der Waals surface area (Å²) in [6.45, 7) is 2.25. The van der Waals surface area contributed by atoms with E-state index in [1.54, 1.807) is 36.4 Å². The lowest BCUT2D eigenvalue weighted by molar-refractivity contribution is -0.123. The molecule has 3 aromatic rings. The second kappa shape index (κ2) is 6.50. The Morgan fingerprint density at radius 3 is 2.56 bits per heavy atom. The van der Waals surface area contributed by atoms with Crippen molar-refractivity contribution >= 4 is 22.8 Å². The van der Waals surface area contributed by atoms with Crippen LogP contribution in [-0.2, 0) is 16.8 Å². The van der Waals surface area contributed by atoms with E-state index in [9.17, 15) is 14.0 Å². The number of aromatic nitrogens is 2. The summed E-state index contributed by atoms with van der Waals surface area (Å²) < 4.78 is 14.6. The van der Waals surface area contributed by atoms with Gasteiger partial charge in [-0.2, -0.15) is 0 Å². The molecule has 0 saturated heterocycles. The van der Waals surface area contributed by atoms with E-state index in [0.717, 1.165) is 5.56 Å². The Labute approximate surface area is 155 Å². The number of halogens is 1. The number of hydrogen-bond donors (Lipinski definition) is 2. The van der Waals surface area contributed by atoms with E-state index in [-0.39, 0.29) is 23.2 Å². The molecule has 6 nitrogen and oxygen atoms in total. The highest BCUT2D eigenvalue weighted by molar-refractivity contribution is 5.92. The van der Waals surface area contributed by atoms with Crippen molar-refractivity contribution in [3.05, 3.63) is 70.3 Å². The molecule has 2 aromatic carbocycles. The lowest BCUT2D eigenvalue weighted by Crippen LogP contribution is -2.40. The number of rotatable bonds is 5. The third-order valence-corrected chi connectivity index (χ3v) is 5.05. The van der Waals surface area contributed by atoms with Gasteiger partial charge in [0.25, 0.3) is 5.56 Å². The zero-order chi connectivity index (χ0) is 19.0. The van der Waals surface area contributed by atoms with E-state index in [4.69, 9.17) is 0 Å². The Kier molecular flexibility index (Phi) is 4.14. The van der Waals surface area contributed by atoms with E-state index >= 15 is 0 Å². The van der Waals surface area contributed by atoms with Crippen LogP contribution >= 0.6 is 0 Å². The van der Waals surface area contributed by atoms with Gasteiger partial charge in [-0.15, -0.1) is 0 Å². The summed E-state index contributed by atoms with van der Waals surface area (Å²) in [6.07, 6.45) is 1.38. The van der Waals surface area contributed by atoms with Gasteiger partial charge in [-0.05, 0) is 49.6 Å². The Bertz CT molecular complexity index is 1070. The lowest BCUT2D eigenvalue weighted by Gasteiger charge is -2.18. The number of hydrazine groups is 1. The molecule has 0 unspecified atom stereocenters. The average molecular weight is 366 g/mol. The fourth-order valence-corrected chi connectivity index (χ4v) is 3.33. The summed E-state index contributed by atoms with van der Waals surface area (Å²) in [5.41, 5.74) is 5.99. The maximum absolute atomic E-state index is 13.2. The summed E-state index contributed by atoms with van der Waals surface area (Å²) >= 11 is 0. The smallest absolute Gasteiger partial charge is 0.262 e. The molecule has 0 bridgehead atoms. The topological polar surface area (TPSA) is 76.0 Å². The molecule has 0 radical (unpaired) electrons. The number of carbonyl (C=O) groups excluding carboxylic acids is 1. The van der Waals surface area contributed by atoms with Gasteiger partial charge in [0, 0.05) is 6.54 Å². The molecule has 1 saturated carbocycles. The predicted molar refractivity (Wildman–Crippen MR) is 101 cm³/mol. The minimum atomic E-state index is -0.658. The van der Waals surface area contributed by atoms with Crippen molar-refractivity contribution in [1.29, 1.82) is 0 Å². The van der Waals surface area contributed by atoms with Crippen LogP contribution in [0.25, 0.3) is 10.9 Å². The molecule has 2 N–H and O–H groups in total. The third-order valence-electron chi connectivity index (χ3n) is 5.05. The van der Waals surface area contributed by atoms with Crippen LogP contribution in [0, 0.1) is 5.82 Å². The summed E-state index contributed by atoms with van der Waals surface area (Å²) in [6, 6.07) is 13.1. The van der Waals surface area contributed by atoms with E-state index in [1.165, 1.54) is 16.7 Å². The van der Waals surface area contributed by atoms with Gasteiger partial charge in [0.2, 0.25) is 11.9 Å². The van der Waals surface area contributed by atoms with Crippen molar-refractivity contribution in [3.8, 4) is 0 Å². The molecule has 0 aliphatic heterocycles. The number of benzene rings is 2. The van der Waals surface area contributed by atoms with E-state index in [0.29, 0.717) is 30.3 Å². The summed E-state index contributed by atoms with van der Waals surface area (Å²) in [7, 11) is 0. The zero-order valence-electron chi connectivity index (χ0n) is 14.8. The summed E-state index contributed by atoms with van der Waals surface area (Å²) in [5.74, 6) is -0.274. The van der Waals surface area contributed by atoms with Gasteiger partial charge in [0.05, 0.1) is 16.3 Å². The monoisotopic (exact) mass is 366 g/mol. The molecular formula is C20H19FN4O2. The SMILES string of the molecule is CCn1c(NNC(=O)C2(c3ccc(F)cc3)CC2)nc2ccccc2c1=O. The largest absolute Gasteiger partial charge is 0.277 e. The number of hydrogen-bond acceptors (Lipinski definition) is 4. The molecule has 4 rings (SSSR count). The molecule has 1 fully saturated rings. The molecular weight excluding hydrogens is 347 g/mol. The molecule has 1 aromatic heterocycles. The number of nitrogens with one attached hydrogen (secondary N) is 2. The lowest BCUT2D eigenvalue weighted by atomic mass is 9.95. The number of para-hydroxylation sites is 1. The second-order valence-corrected chi connectivity index (χ2v) is 6.67. The molecule has 27 heavy (non-hydrogen) atoms. The normalized spacial score (nSPS) is 14.7. The maximum atomic E-state index is 13.2. The zero-order valence-corrected chi connectivity index (χ0v) is 14.8. The van der Waals surface area contributed by atoms with Crippen molar-refractivity contribution < 1.29 is 9.18 Å². The molecule has 1 amide bonds. The molecule has 138 valence electrons. The Hall–Kier alpha value is -3.22. The number of amides is 1. The van der Waals surface area contributed by atoms with Gasteiger partial charge < -0.3 is 0 Å². The maximum Gasteiger partial charge on any atom is 0.262 e. The van der Waals surface area contributed by atoms with Crippen LogP contribution in [0.1, 0.15) is 25.3 Å². The highest BCUT2D eigenvalue weighted by Crippen LogP contribution is 2.48. The van der Waals surface area contributed by atoms with Gasteiger partial charge in [0.1, 0.15) is 5.82 Å². The van der Waals surface area contributed by atoms with Gasteiger partial charge in [0.15, 0.2) is 0 Å². The van der Waals surface area contributed by atoms with Gasteiger partial charge in [-0.3, -0.25) is 25.0 Å². The van der Waals surface area contributed by atoms with Gasteiger partial charge in [-0.1, -0.05) is 24.3 Å². The second-order valence-electron chi connectivity index (χ2n) is 6.67. The van der Waals surface area contributed by atoms with Crippen LogP contribution in [0.4, 0.5) is 10.3 Å². The standard InChI is InChI=1S/C20H19FN4O2/c1-2-25-17(26)15-5-3-4-6-16(15)22-19(25)24-23-18(27)20(11-12-20)13-7-9-14(21)10-8-13/h3-10H,2,11-12H2,1H3,(H,22,24)(H,23,27). The molecule has 1 aliphatic rings. The first-order valence-corrected chi connectivity index (χ1v) is 8.87. The Morgan fingerprint density at radius 1 is 1.19 bits per heavy atom. The first-order valence-electron chi connectivity index (χ1n) is 8.87. The quantitative estimate of drug-likeness (QED) is 0.681. The van der Waals surface area contributed by atoms with Crippen LogP contribution < -0.4 is 16.4 Å². The minimum Gasteiger partial charge on any atom is -0.277 e. The average Bonchev–Trinajstić information content (AvgIpc) is 3.49. The highest BCUT2D eigenvalue weighted by Gasteiger charge is 2.51.